The van der Waals surface area contributed by atoms with Crippen molar-refractivity contribution in [2.75, 3.05) is 22.8 Å². The maximum absolute atomic E-state index is 13.9. The third-order valence-corrected chi connectivity index (χ3v) is 7.26. The largest absolute Gasteiger partial charge is 0.494 e. The third kappa shape index (κ3) is 4.89. The van der Waals surface area contributed by atoms with Gasteiger partial charge in [-0.1, -0.05) is 54.6 Å². The zero-order chi connectivity index (χ0) is 24.1. The summed E-state index contributed by atoms with van der Waals surface area (Å²) in [6, 6.07) is 26.6. The minimum absolute atomic E-state index is 0.155. The molecule has 4 aromatic carbocycles. The lowest BCUT2D eigenvalue weighted by Crippen LogP contribution is -2.38. The number of sulfonamides is 1. The van der Waals surface area contributed by atoms with Gasteiger partial charge in [0, 0.05) is 11.1 Å². The molecule has 1 amide bonds. The maximum atomic E-state index is 13.9. The van der Waals surface area contributed by atoms with Crippen LogP contribution in [0.5, 0.6) is 5.75 Å². The average Bonchev–Trinajstić information content (AvgIpc) is 2.84. The van der Waals surface area contributed by atoms with Gasteiger partial charge in [-0.15, -0.1) is 0 Å². The molecule has 0 spiro atoms. The molecule has 0 saturated heterocycles. The Hall–Kier alpha value is -3.84. The topological polar surface area (TPSA) is 75.7 Å². The first kappa shape index (κ1) is 23.3. The van der Waals surface area contributed by atoms with E-state index in [1.165, 1.54) is 4.31 Å². The van der Waals surface area contributed by atoms with E-state index in [0.29, 0.717) is 29.1 Å². The van der Waals surface area contributed by atoms with Gasteiger partial charge in [-0.05, 0) is 61.2 Å². The molecule has 0 aliphatic heterocycles. The molecule has 0 bridgehead atoms. The molecule has 174 valence electrons. The van der Waals surface area contributed by atoms with Crippen molar-refractivity contribution in [3.63, 3.8) is 0 Å². The van der Waals surface area contributed by atoms with Gasteiger partial charge in [-0.25, -0.2) is 8.42 Å². The quantitative estimate of drug-likeness (QED) is 0.372. The third-order valence-electron chi connectivity index (χ3n) is 5.44. The minimum atomic E-state index is -4.05. The summed E-state index contributed by atoms with van der Waals surface area (Å²) < 4.78 is 34.5. The lowest BCUT2D eigenvalue weighted by molar-refractivity contribution is -0.114. The molecule has 1 N–H and O–H groups in total. The molecule has 0 fully saturated rings. The van der Waals surface area contributed by atoms with Gasteiger partial charge >= 0.3 is 0 Å². The fourth-order valence-corrected chi connectivity index (χ4v) is 5.52. The summed E-state index contributed by atoms with van der Waals surface area (Å²) >= 11 is 0. The maximum Gasteiger partial charge on any atom is 0.265 e. The van der Waals surface area contributed by atoms with E-state index < -0.39 is 15.9 Å². The molecule has 0 saturated carbocycles. The van der Waals surface area contributed by atoms with Crippen LogP contribution in [-0.2, 0) is 14.8 Å². The first-order valence-corrected chi connectivity index (χ1v) is 12.4. The van der Waals surface area contributed by atoms with Gasteiger partial charge < -0.3 is 10.1 Å². The van der Waals surface area contributed by atoms with Crippen molar-refractivity contribution in [2.45, 2.75) is 18.7 Å². The molecule has 34 heavy (non-hydrogen) atoms. The highest BCUT2D eigenvalue weighted by molar-refractivity contribution is 7.93. The van der Waals surface area contributed by atoms with E-state index in [1.54, 1.807) is 60.7 Å². The van der Waals surface area contributed by atoms with E-state index in [1.807, 2.05) is 44.2 Å². The van der Waals surface area contributed by atoms with Crippen molar-refractivity contribution in [3.05, 3.63) is 96.6 Å². The summed E-state index contributed by atoms with van der Waals surface area (Å²) in [5.74, 6) is 0.247. The number of rotatable bonds is 8. The fourth-order valence-electron chi connectivity index (χ4n) is 3.81. The number of ether oxygens (including phenoxy) is 1. The summed E-state index contributed by atoms with van der Waals surface area (Å²) in [5.41, 5.74) is 1.76. The number of para-hydroxylation sites is 1. The highest BCUT2D eigenvalue weighted by Crippen LogP contribution is 2.31. The van der Waals surface area contributed by atoms with Crippen molar-refractivity contribution in [1.29, 1.82) is 0 Å². The van der Waals surface area contributed by atoms with Gasteiger partial charge in [0.05, 0.1) is 17.2 Å². The molecule has 6 nitrogen and oxygen atoms in total. The van der Waals surface area contributed by atoms with Crippen molar-refractivity contribution in [1.82, 2.24) is 0 Å². The lowest BCUT2D eigenvalue weighted by atomic mass is 10.1. The number of hydrogen-bond donors (Lipinski definition) is 1. The second-order valence-electron chi connectivity index (χ2n) is 7.78. The predicted octanol–water partition coefficient (Wildman–Crippen LogP) is 5.38. The standard InChI is InChI=1S/C27H26N2O4S/c1-3-33-23-17-15-22(16-18-23)28-27(30)19-29(25-13-7-4-9-20(25)2)34(31,32)26-14-8-11-21-10-5-6-12-24(21)26/h4-18H,3,19H2,1-2H3,(H,28,30). The van der Waals surface area contributed by atoms with Crippen molar-refractivity contribution >= 4 is 38.1 Å². The van der Waals surface area contributed by atoms with Gasteiger partial charge in [0.15, 0.2) is 0 Å². The van der Waals surface area contributed by atoms with E-state index in [2.05, 4.69) is 5.32 Å². The van der Waals surface area contributed by atoms with Crippen LogP contribution in [0.1, 0.15) is 12.5 Å². The number of carbonyl (C=O) groups is 1. The Kier molecular flexibility index (Phi) is 6.84. The summed E-state index contributed by atoms with van der Waals surface area (Å²) in [7, 11) is -4.05. The first-order chi connectivity index (χ1) is 16.4. The number of carbonyl (C=O) groups excluding carboxylic acids is 1. The van der Waals surface area contributed by atoms with E-state index in [4.69, 9.17) is 4.74 Å². The molecular weight excluding hydrogens is 448 g/mol. The summed E-state index contributed by atoms with van der Waals surface area (Å²) in [6.45, 7) is 3.89. The Balaban J connectivity index is 1.70. The Bertz CT molecular complexity index is 1410. The zero-order valence-electron chi connectivity index (χ0n) is 19.1. The van der Waals surface area contributed by atoms with Gasteiger partial charge in [0.2, 0.25) is 5.91 Å². The predicted molar refractivity (Wildman–Crippen MR) is 136 cm³/mol. The smallest absolute Gasteiger partial charge is 0.265 e. The van der Waals surface area contributed by atoms with Gasteiger partial charge in [-0.3, -0.25) is 9.10 Å². The molecule has 0 aromatic heterocycles. The molecule has 4 aromatic rings. The van der Waals surface area contributed by atoms with Crippen LogP contribution in [0.4, 0.5) is 11.4 Å². The molecule has 0 radical (unpaired) electrons. The van der Waals surface area contributed by atoms with Crippen molar-refractivity contribution < 1.29 is 17.9 Å². The summed E-state index contributed by atoms with van der Waals surface area (Å²) in [5, 5.41) is 4.21. The first-order valence-electron chi connectivity index (χ1n) is 11.0. The number of fused-ring (bicyclic) bond motifs is 1. The van der Waals surface area contributed by atoms with Gasteiger partial charge in [-0.2, -0.15) is 0 Å². The summed E-state index contributed by atoms with van der Waals surface area (Å²) in [6.07, 6.45) is 0. The van der Waals surface area contributed by atoms with E-state index in [-0.39, 0.29) is 11.4 Å². The molecule has 0 aliphatic carbocycles. The Morgan fingerprint density at radius 3 is 2.29 bits per heavy atom. The highest BCUT2D eigenvalue weighted by Gasteiger charge is 2.29. The Morgan fingerprint density at radius 2 is 1.56 bits per heavy atom. The van der Waals surface area contributed by atoms with Crippen molar-refractivity contribution in [2.24, 2.45) is 0 Å². The van der Waals surface area contributed by atoms with Crippen LogP contribution in [-0.4, -0.2) is 27.5 Å². The second-order valence-corrected chi connectivity index (χ2v) is 9.61. The monoisotopic (exact) mass is 474 g/mol. The van der Waals surface area contributed by atoms with Crippen LogP contribution in [0, 0.1) is 6.92 Å². The van der Waals surface area contributed by atoms with Gasteiger partial charge in [0.25, 0.3) is 10.0 Å². The molecule has 0 aliphatic rings. The Labute approximate surface area is 199 Å². The number of benzene rings is 4. The number of nitrogens with one attached hydrogen (secondary N) is 1. The number of amides is 1. The number of aryl methyl sites for hydroxylation is 1. The Morgan fingerprint density at radius 1 is 0.882 bits per heavy atom. The SMILES string of the molecule is CCOc1ccc(NC(=O)CN(c2ccccc2C)S(=O)(=O)c2cccc3ccccc23)cc1. The molecule has 0 heterocycles. The van der Waals surface area contributed by atoms with Crippen molar-refractivity contribution in [3.8, 4) is 5.75 Å². The number of hydrogen-bond acceptors (Lipinski definition) is 4. The van der Waals surface area contributed by atoms with Gasteiger partial charge in [0.1, 0.15) is 12.3 Å². The minimum Gasteiger partial charge on any atom is -0.494 e. The van der Waals surface area contributed by atoms with Crippen LogP contribution in [0.3, 0.4) is 0 Å². The zero-order valence-corrected chi connectivity index (χ0v) is 19.9. The van der Waals surface area contributed by atoms with E-state index in [0.717, 1.165) is 10.9 Å². The normalized spacial score (nSPS) is 11.2. The van der Waals surface area contributed by atoms with Crippen LogP contribution >= 0.6 is 0 Å². The van der Waals surface area contributed by atoms with Crippen LogP contribution < -0.4 is 14.4 Å². The van der Waals surface area contributed by atoms with Crippen LogP contribution in [0.25, 0.3) is 10.8 Å². The molecule has 0 unspecified atom stereocenters. The molecule has 7 heteroatoms. The fraction of sp³-hybridized carbons (Fsp3) is 0.148. The molecule has 0 atom stereocenters. The molecular formula is C27H26N2O4S. The highest BCUT2D eigenvalue weighted by atomic mass is 32.2. The second kappa shape index (κ2) is 9.97. The van der Waals surface area contributed by atoms with Crippen LogP contribution in [0.2, 0.25) is 0 Å². The molecule has 4 rings (SSSR count). The van der Waals surface area contributed by atoms with Crippen LogP contribution in [0.15, 0.2) is 95.9 Å². The van der Waals surface area contributed by atoms with E-state index >= 15 is 0 Å². The average molecular weight is 475 g/mol. The van der Waals surface area contributed by atoms with E-state index in [9.17, 15) is 13.2 Å². The summed E-state index contributed by atoms with van der Waals surface area (Å²) in [4.78, 5) is 13.2. The number of nitrogens with zero attached hydrogens (tertiary/aromatic N) is 1. The number of anilines is 2. The lowest BCUT2D eigenvalue weighted by Gasteiger charge is -2.26.